The Morgan fingerprint density at radius 1 is 1.12 bits per heavy atom. The van der Waals surface area contributed by atoms with Crippen LogP contribution >= 0.6 is 0 Å². The van der Waals surface area contributed by atoms with Crippen molar-refractivity contribution in [2.75, 3.05) is 5.32 Å². The second kappa shape index (κ2) is 6.44. The molecule has 0 bridgehead atoms. The van der Waals surface area contributed by atoms with E-state index in [4.69, 9.17) is 0 Å². The summed E-state index contributed by atoms with van der Waals surface area (Å²) in [5.74, 6) is -0.492. The molecule has 2 rings (SSSR count). The van der Waals surface area contributed by atoms with E-state index in [1.807, 2.05) is 0 Å². The number of anilines is 1. The number of benzene rings is 1. The number of nitrogens with one attached hydrogen (secondary N) is 1. The lowest BCUT2D eigenvalue weighted by Crippen LogP contribution is -2.20. The summed E-state index contributed by atoms with van der Waals surface area (Å²) in [4.78, 5) is 32.7. The molecule has 2 aromatic rings. The molecule has 1 heterocycles. The lowest BCUT2D eigenvalue weighted by Gasteiger charge is -2.08. The fourth-order valence-electron chi connectivity index (χ4n) is 2.31. The van der Waals surface area contributed by atoms with Gasteiger partial charge in [0.05, 0.1) is 21.2 Å². The number of rotatable bonds is 5. The van der Waals surface area contributed by atoms with Crippen molar-refractivity contribution in [2.45, 2.75) is 27.3 Å². The molecule has 10 heteroatoms. The Morgan fingerprint density at radius 2 is 1.67 bits per heavy atom. The van der Waals surface area contributed by atoms with Gasteiger partial charge in [0.1, 0.15) is 12.1 Å². The van der Waals surface area contributed by atoms with Gasteiger partial charge in [-0.25, -0.2) is 0 Å². The third kappa shape index (κ3) is 3.54. The Labute approximate surface area is 136 Å². The van der Waals surface area contributed by atoms with Gasteiger partial charge in [-0.05, 0) is 26.8 Å². The largest absolute Gasteiger partial charge is 0.324 e. The number of hydrogen-bond donors (Lipinski definition) is 1. The Hall–Kier alpha value is -3.30. The zero-order valence-electron chi connectivity index (χ0n) is 13.3. The molecule has 0 saturated heterocycles. The molecule has 0 aliphatic carbocycles. The van der Waals surface area contributed by atoms with Crippen molar-refractivity contribution in [2.24, 2.45) is 0 Å². The predicted octanol–water partition coefficient (Wildman–Crippen LogP) is 2.26. The monoisotopic (exact) mass is 333 g/mol. The van der Waals surface area contributed by atoms with Crippen LogP contribution in [-0.2, 0) is 11.3 Å². The van der Waals surface area contributed by atoms with Crippen molar-refractivity contribution >= 4 is 23.0 Å². The number of hydrogen-bond acceptors (Lipinski definition) is 6. The lowest BCUT2D eigenvalue weighted by molar-refractivity contribution is -0.395. The van der Waals surface area contributed by atoms with E-state index in [1.54, 1.807) is 19.9 Å². The van der Waals surface area contributed by atoms with E-state index in [9.17, 15) is 25.0 Å². The zero-order chi connectivity index (χ0) is 18.0. The molecule has 0 aliphatic heterocycles. The Bertz CT molecular complexity index is 807. The number of nitro groups is 2. The van der Waals surface area contributed by atoms with Crippen molar-refractivity contribution in [3.8, 4) is 0 Å². The van der Waals surface area contributed by atoms with Crippen LogP contribution in [0.25, 0.3) is 0 Å². The lowest BCUT2D eigenvalue weighted by atomic mass is 10.1. The number of aromatic nitrogens is 2. The van der Waals surface area contributed by atoms with Crippen molar-refractivity contribution in [1.82, 2.24) is 9.78 Å². The topological polar surface area (TPSA) is 133 Å². The van der Waals surface area contributed by atoms with Crippen LogP contribution in [0.1, 0.15) is 17.0 Å². The summed E-state index contributed by atoms with van der Waals surface area (Å²) in [6, 6.07) is 4.00. The summed E-state index contributed by atoms with van der Waals surface area (Å²) >= 11 is 0. The first kappa shape index (κ1) is 17.1. The maximum absolute atomic E-state index is 12.1. The molecule has 0 unspecified atom stereocenters. The quantitative estimate of drug-likeness (QED) is 0.659. The van der Waals surface area contributed by atoms with Gasteiger partial charge in [0.15, 0.2) is 0 Å². The molecule has 0 fully saturated rings. The molecule has 1 aromatic heterocycles. The summed E-state index contributed by atoms with van der Waals surface area (Å²) in [6.07, 6.45) is 0. The fourth-order valence-corrected chi connectivity index (χ4v) is 2.31. The average Bonchev–Trinajstić information content (AvgIpc) is 2.77. The Balaban J connectivity index is 2.28. The Kier molecular flexibility index (Phi) is 4.58. The average molecular weight is 333 g/mol. The van der Waals surface area contributed by atoms with Gasteiger partial charge in [-0.15, -0.1) is 0 Å². The molecule has 126 valence electrons. The zero-order valence-corrected chi connectivity index (χ0v) is 13.3. The number of carbonyl (C=O) groups is 1. The summed E-state index contributed by atoms with van der Waals surface area (Å²) in [7, 11) is 0. The highest BCUT2D eigenvalue weighted by Crippen LogP contribution is 2.31. The Morgan fingerprint density at radius 3 is 2.08 bits per heavy atom. The van der Waals surface area contributed by atoms with Crippen LogP contribution in [0.5, 0.6) is 0 Å². The van der Waals surface area contributed by atoms with Gasteiger partial charge in [0, 0.05) is 17.8 Å². The van der Waals surface area contributed by atoms with E-state index in [2.05, 4.69) is 10.4 Å². The summed E-state index contributed by atoms with van der Waals surface area (Å²) in [6.45, 7) is 4.76. The van der Waals surface area contributed by atoms with Gasteiger partial charge >= 0.3 is 0 Å². The van der Waals surface area contributed by atoms with Gasteiger partial charge in [0.25, 0.3) is 11.4 Å². The number of amides is 1. The van der Waals surface area contributed by atoms with Crippen molar-refractivity contribution in [1.29, 1.82) is 0 Å². The number of carbonyl (C=O) groups excluding carboxylic acids is 1. The molecule has 0 saturated carbocycles. The molecule has 24 heavy (non-hydrogen) atoms. The highest BCUT2D eigenvalue weighted by atomic mass is 16.6. The summed E-state index contributed by atoms with van der Waals surface area (Å²) in [5.41, 5.74) is 0.605. The van der Waals surface area contributed by atoms with E-state index >= 15 is 0 Å². The first-order valence-electron chi connectivity index (χ1n) is 6.93. The van der Waals surface area contributed by atoms with Crippen LogP contribution in [0.2, 0.25) is 0 Å². The minimum atomic E-state index is -0.723. The molecule has 0 spiro atoms. The van der Waals surface area contributed by atoms with Crippen molar-refractivity contribution in [3.05, 3.63) is 55.4 Å². The third-order valence-corrected chi connectivity index (χ3v) is 3.43. The molecule has 10 nitrogen and oxygen atoms in total. The van der Waals surface area contributed by atoms with Crippen LogP contribution in [0.15, 0.2) is 18.2 Å². The number of nitro benzene ring substituents is 2. The van der Waals surface area contributed by atoms with Gasteiger partial charge < -0.3 is 5.32 Å². The molecular formula is C14H15N5O5. The standard InChI is InChI=1S/C14H15N5O5/c1-8-4-9(2)17(16-8)7-14(20)15-11-5-12(18(21)22)10(3)13(6-11)19(23)24/h4-6H,7H2,1-3H3,(H,15,20). The van der Waals surface area contributed by atoms with Crippen LogP contribution < -0.4 is 5.32 Å². The molecule has 0 radical (unpaired) electrons. The van der Waals surface area contributed by atoms with E-state index < -0.39 is 27.1 Å². The maximum Gasteiger partial charge on any atom is 0.281 e. The normalized spacial score (nSPS) is 10.5. The van der Waals surface area contributed by atoms with E-state index in [-0.39, 0.29) is 17.8 Å². The molecule has 1 N–H and O–H groups in total. The van der Waals surface area contributed by atoms with Crippen LogP contribution in [-0.4, -0.2) is 25.5 Å². The van der Waals surface area contributed by atoms with Gasteiger partial charge in [-0.1, -0.05) is 0 Å². The van der Waals surface area contributed by atoms with E-state index in [0.717, 1.165) is 23.5 Å². The van der Waals surface area contributed by atoms with E-state index in [1.165, 1.54) is 11.6 Å². The molecular weight excluding hydrogens is 318 g/mol. The molecule has 0 aliphatic rings. The first-order valence-corrected chi connectivity index (χ1v) is 6.93. The van der Waals surface area contributed by atoms with Crippen LogP contribution in [0.3, 0.4) is 0 Å². The van der Waals surface area contributed by atoms with Crippen LogP contribution in [0.4, 0.5) is 17.1 Å². The van der Waals surface area contributed by atoms with Crippen molar-refractivity contribution < 1.29 is 14.6 Å². The minimum Gasteiger partial charge on any atom is -0.324 e. The summed E-state index contributed by atoms with van der Waals surface area (Å²) < 4.78 is 1.47. The predicted molar refractivity (Wildman–Crippen MR) is 84.8 cm³/mol. The summed E-state index contributed by atoms with van der Waals surface area (Å²) in [5, 5.41) is 28.6. The van der Waals surface area contributed by atoms with Gasteiger partial charge in [-0.2, -0.15) is 5.10 Å². The second-order valence-corrected chi connectivity index (χ2v) is 5.29. The highest BCUT2D eigenvalue weighted by molar-refractivity contribution is 5.91. The highest BCUT2D eigenvalue weighted by Gasteiger charge is 2.23. The fraction of sp³-hybridized carbons (Fsp3) is 0.286. The second-order valence-electron chi connectivity index (χ2n) is 5.29. The SMILES string of the molecule is Cc1cc(C)n(CC(=O)Nc2cc([N+](=O)[O-])c(C)c([N+](=O)[O-])c2)n1. The van der Waals surface area contributed by atoms with E-state index in [0.29, 0.717) is 0 Å². The molecule has 0 atom stereocenters. The molecule has 1 aromatic carbocycles. The maximum atomic E-state index is 12.1. The minimum absolute atomic E-state index is 0.00877. The van der Waals surface area contributed by atoms with Crippen LogP contribution in [0, 0.1) is 41.0 Å². The van der Waals surface area contributed by atoms with Crippen molar-refractivity contribution in [3.63, 3.8) is 0 Å². The van der Waals surface area contributed by atoms with Gasteiger partial charge in [-0.3, -0.25) is 29.7 Å². The van der Waals surface area contributed by atoms with Gasteiger partial charge in [0.2, 0.25) is 5.91 Å². The third-order valence-electron chi connectivity index (χ3n) is 3.43. The first-order chi connectivity index (χ1) is 11.2. The number of nitrogens with zero attached hydrogens (tertiary/aromatic N) is 4. The number of aryl methyl sites for hydroxylation is 2. The molecule has 1 amide bonds. The smallest absolute Gasteiger partial charge is 0.281 e.